The van der Waals surface area contributed by atoms with Crippen LogP contribution in [0, 0.1) is 23.7 Å². The smallest absolute Gasteiger partial charge is 0.248 e. The lowest BCUT2D eigenvalue weighted by molar-refractivity contribution is 0.170. The molecule has 0 aliphatic heterocycles. The highest BCUT2D eigenvalue weighted by Crippen LogP contribution is 2.19. The van der Waals surface area contributed by atoms with Gasteiger partial charge < -0.3 is 0 Å². The fourth-order valence-corrected chi connectivity index (χ4v) is 6.13. The predicted molar refractivity (Wildman–Crippen MR) is 161 cm³/mol. The Labute approximate surface area is 233 Å². The monoisotopic (exact) mass is 546 g/mol. The van der Waals surface area contributed by atoms with Crippen molar-refractivity contribution in [1.29, 1.82) is 0 Å². The van der Waals surface area contributed by atoms with E-state index in [0.29, 0.717) is 0 Å². The molecule has 0 saturated carbocycles. The van der Waals surface area contributed by atoms with Gasteiger partial charge >= 0.3 is 10.4 Å². The third kappa shape index (κ3) is 25.9. The molecule has 0 N–H and O–H groups in total. The minimum atomic E-state index is -3.89. The van der Waals surface area contributed by atoms with Crippen LogP contribution in [0.3, 0.4) is 0 Å². The molecule has 0 spiro atoms. The maximum Gasteiger partial charge on any atom is 0.399 e. The Hall–Kier alpha value is -0.130. The molecule has 4 nitrogen and oxygen atoms in total. The third-order valence-electron chi connectivity index (χ3n) is 7.84. The molecule has 5 heteroatoms. The second-order valence-corrected chi connectivity index (χ2v) is 13.7. The molecule has 0 saturated heterocycles. The highest BCUT2D eigenvalue weighted by molar-refractivity contribution is 7.81. The second-order valence-electron chi connectivity index (χ2n) is 12.4. The van der Waals surface area contributed by atoms with Gasteiger partial charge in [-0.1, -0.05) is 157 Å². The molecule has 0 aromatic carbocycles. The fraction of sp³-hybridized carbons (Fsp3) is 1.00. The molecule has 0 aromatic rings. The van der Waals surface area contributed by atoms with Crippen LogP contribution in [0.4, 0.5) is 0 Å². The topological polar surface area (TPSA) is 52.6 Å². The van der Waals surface area contributed by atoms with E-state index in [1.54, 1.807) is 0 Å². The van der Waals surface area contributed by atoms with E-state index in [1.165, 1.54) is 103 Å². The van der Waals surface area contributed by atoms with Crippen LogP contribution in [0.1, 0.15) is 170 Å². The van der Waals surface area contributed by atoms with Crippen molar-refractivity contribution in [1.82, 2.24) is 0 Å². The minimum Gasteiger partial charge on any atom is -0.248 e. The highest BCUT2D eigenvalue weighted by atomic mass is 32.3. The van der Waals surface area contributed by atoms with E-state index in [0.717, 1.165) is 37.5 Å². The molecule has 0 aromatic heterocycles. The Kier molecular flexibility index (Phi) is 24.8. The molecule has 4 unspecified atom stereocenters. The first-order chi connectivity index (χ1) is 17.7. The summed E-state index contributed by atoms with van der Waals surface area (Å²) in [5.74, 6) is 2.23. The van der Waals surface area contributed by atoms with Crippen molar-refractivity contribution in [3.63, 3.8) is 0 Å². The van der Waals surface area contributed by atoms with Gasteiger partial charge in [0.15, 0.2) is 0 Å². The van der Waals surface area contributed by atoms with E-state index < -0.39 is 10.4 Å². The zero-order valence-electron chi connectivity index (χ0n) is 25.9. The summed E-state index contributed by atoms with van der Waals surface area (Å²) in [6.45, 7) is 13.9. The zero-order chi connectivity index (χ0) is 27.8. The Morgan fingerprint density at radius 3 is 1.00 bits per heavy atom. The summed E-state index contributed by atoms with van der Waals surface area (Å²) in [6, 6.07) is 0. The molecule has 0 heterocycles. The van der Waals surface area contributed by atoms with Gasteiger partial charge in [-0.2, -0.15) is 8.42 Å². The van der Waals surface area contributed by atoms with Gasteiger partial charge in [-0.3, -0.25) is 0 Å². The van der Waals surface area contributed by atoms with Gasteiger partial charge in [-0.15, -0.1) is 0 Å². The largest absolute Gasteiger partial charge is 0.399 e. The predicted octanol–water partition coefficient (Wildman–Crippen LogP) is 10.7. The molecule has 0 aliphatic carbocycles. The molecular weight excluding hydrogens is 480 g/mol. The summed E-state index contributed by atoms with van der Waals surface area (Å²) in [7, 11) is -3.89. The van der Waals surface area contributed by atoms with Crippen molar-refractivity contribution >= 4 is 10.4 Å². The summed E-state index contributed by atoms with van der Waals surface area (Å²) >= 11 is 0. The van der Waals surface area contributed by atoms with Crippen LogP contribution in [0.5, 0.6) is 0 Å². The van der Waals surface area contributed by atoms with Crippen LogP contribution < -0.4 is 0 Å². The van der Waals surface area contributed by atoms with Crippen molar-refractivity contribution in [2.24, 2.45) is 23.7 Å². The lowest BCUT2D eigenvalue weighted by Gasteiger charge is -2.14. The summed E-state index contributed by atoms with van der Waals surface area (Å²) in [6.07, 6.45) is 25.5. The van der Waals surface area contributed by atoms with Crippen molar-refractivity contribution in [3.05, 3.63) is 0 Å². The standard InChI is InChI=1S/C32H66O4S/c1-7-21-29(3)23-17-13-9-11-15-19-25-31(5)27-35-37(33,34)36-28-32(6)26-20-16-12-10-14-18-24-30(4)22-8-2/h29-32H,7-28H2,1-6H3. The molecule has 0 bridgehead atoms. The summed E-state index contributed by atoms with van der Waals surface area (Å²) in [4.78, 5) is 0. The van der Waals surface area contributed by atoms with E-state index in [9.17, 15) is 8.42 Å². The summed E-state index contributed by atoms with van der Waals surface area (Å²) in [5.41, 5.74) is 0. The average Bonchev–Trinajstić information content (AvgIpc) is 2.85. The first-order valence-corrected chi connectivity index (χ1v) is 17.6. The Balaban J connectivity index is 3.66. The SMILES string of the molecule is CCCC(C)CCCCCCCCC(C)COS(=O)(=O)OCC(C)CCCCCCCCC(C)CCC. The molecule has 224 valence electrons. The maximum atomic E-state index is 12.1. The molecule has 0 fully saturated rings. The lowest BCUT2D eigenvalue weighted by atomic mass is 9.97. The van der Waals surface area contributed by atoms with Gasteiger partial charge in [0.25, 0.3) is 0 Å². The second kappa shape index (κ2) is 24.9. The van der Waals surface area contributed by atoms with Gasteiger partial charge in [0.05, 0.1) is 13.2 Å². The molecule has 0 rings (SSSR count). The molecule has 4 atom stereocenters. The van der Waals surface area contributed by atoms with Crippen molar-refractivity contribution < 1.29 is 16.8 Å². The van der Waals surface area contributed by atoms with Crippen molar-refractivity contribution in [2.45, 2.75) is 170 Å². The van der Waals surface area contributed by atoms with Crippen LogP contribution in [0.25, 0.3) is 0 Å². The fourth-order valence-electron chi connectivity index (χ4n) is 5.26. The number of unbranched alkanes of at least 4 members (excludes halogenated alkanes) is 10. The van der Waals surface area contributed by atoms with E-state index in [-0.39, 0.29) is 25.0 Å². The van der Waals surface area contributed by atoms with E-state index in [2.05, 4.69) is 41.5 Å². The number of hydrogen-bond acceptors (Lipinski definition) is 4. The minimum absolute atomic E-state index is 0.225. The van der Waals surface area contributed by atoms with Gasteiger partial charge in [0.2, 0.25) is 0 Å². The summed E-state index contributed by atoms with van der Waals surface area (Å²) in [5, 5.41) is 0. The van der Waals surface area contributed by atoms with E-state index >= 15 is 0 Å². The average molecular weight is 547 g/mol. The molecular formula is C32H66O4S. The number of rotatable bonds is 28. The first kappa shape index (κ1) is 36.9. The van der Waals surface area contributed by atoms with Crippen molar-refractivity contribution in [3.8, 4) is 0 Å². The molecule has 0 amide bonds. The number of hydrogen-bond donors (Lipinski definition) is 0. The van der Waals surface area contributed by atoms with E-state index in [4.69, 9.17) is 8.37 Å². The van der Waals surface area contributed by atoms with Crippen LogP contribution in [-0.4, -0.2) is 21.6 Å². The van der Waals surface area contributed by atoms with Gasteiger partial charge in [-0.25, -0.2) is 8.37 Å². The van der Waals surface area contributed by atoms with Gasteiger partial charge in [0, 0.05) is 0 Å². The summed E-state index contributed by atoms with van der Waals surface area (Å²) < 4.78 is 34.6. The third-order valence-corrected chi connectivity index (χ3v) is 8.69. The lowest BCUT2D eigenvalue weighted by Crippen LogP contribution is -2.18. The molecule has 37 heavy (non-hydrogen) atoms. The maximum absolute atomic E-state index is 12.1. The van der Waals surface area contributed by atoms with Crippen LogP contribution in [0.2, 0.25) is 0 Å². The Morgan fingerprint density at radius 2 is 0.703 bits per heavy atom. The van der Waals surface area contributed by atoms with Gasteiger partial charge in [0.1, 0.15) is 0 Å². The van der Waals surface area contributed by atoms with Crippen LogP contribution in [0.15, 0.2) is 0 Å². The van der Waals surface area contributed by atoms with Crippen LogP contribution in [-0.2, 0) is 18.8 Å². The molecule has 0 aliphatic rings. The molecule has 0 radical (unpaired) electrons. The highest BCUT2D eigenvalue weighted by Gasteiger charge is 2.16. The first-order valence-electron chi connectivity index (χ1n) is 16.2. The quantitative estimate of drug-likeness (QED) is 0.0916. The van der Waals surface area contributed by atoms with Crippen molar-refractivity contribution in [2.75, 3.05) is 13.2 Å². The van der Waals surface area contributed by atoms with Crippen LogP contribution >= 0.6 is 0 Å². The van der Waals surface area contributed by atoms with E-state index in [1.807, 2.05) is 0 Å². The Morgan fingerprint density at radius 1 is 0.432 bits per heavy atom. The Bertz CT molecular complexity index is 533. The zero-order valence-corrected chi connectivity index (χ0v) is 26.7. The van der Waals surface area contributed by atoms with Gasteiger partial charge in [-0.05, 0) is 36.5 Å². The normalized spacial score (nSPS) is 15.5.